The molecule has 0 aliphatic carbocycles. The third-order valence-corrected chi connectivity index (χ3v) is 2.88. The van der Waals surface area contributed by atoms with Crippen LogP contribution >= 0.6 is 0 Å². The zero-order valence-electron chi connectivity index (χ0n) is 9.90. The van der Waals surface area contributed by atoms with Crippen molar-refractivity contribution in [2.75, 3.05) is 0 Å². The highest BCUT2D eigenvalue weighted by atomic mass is 16.1. The number of aryl methyl sites for hydroxylation is 2. The van der Waals surface area contributed by atoms with Gasteiger partial charge in [-0.15, -0.1) is 0 Å². The van der Waals surface area contributed by atoms with Crippen molar-refractivity contribution >= 4 is 11.8 Å². The molecule has 0 bridgehead atoms. The maximum absolute atomic E-state index is 10.1. The normalized spacial score (nSPS) is 9.76. The summed E-state index contributed by atoms with van der Waals surface area (Å²) in [6.45, 7) is 4.20. The molecule has 0 aliphatic heterocycles. The van der Waals surface area contributed by atoms with E-state index in [2.05, 4.69) is 37.0 Å². The summed E-state index contributed by atoms with van der Waals surface area (Å²) in [5, 5.41) is 0. The van der Waals surface area contributed by atoms with E-state index in [0.717, 1.165) is 5.56 Å². The molecule has 0 atom stereocenters. The summed E-state index contributed by atoms with van der Waals surface area (Å²) >= 11 is 0. The maximum Gasteiger partial charge on any atom is 0.240 e. The Morgan fingerprint density at radius 1 is 0.882 bits per heavy atom. The predicted molar refractivity (Wildman–Crippen MR) is 69.1 cm³/mol. The average molecular weight is 223 g/mol. The van der Waals surface area contributed by atoms with Crippen LogP contribution in [-0.2, 0) is 4.79 Å². The second kappa shape index (κ2) is 4.77. The van der Waals surface area contributed by atoms with Crippen LogP contribution in [0.1, 0.15) is 11.1 Å². The van der Waals surface area contributed by atoms with Crippen molar-refractivity contribution in [1.29, 1.82) is 0 Å². The van der Waals surface area contributed by atoms with Crippen LogP contribution in [0.3, 0.4) is 0 Å². The average Bonchev–Trinajstić information content (AvgIpc) is 2.34. The molecule has 0 aliphatic rings. The Balaban J connectivity index is 2.39. The maximum atomic E-state index is 10.1. The molecule has 0 amide bonds. The monoisotopic (exact) mass is 223 g/mol. The summed E-state index contributed by atoms with van der Waals surface area (Å²) in [5.41, 5.74) is 5.49. The molecule has 2 heteroatoms. The molecule has 2 aromatic carbocycles. The predicted octanol–water partition coefficient (Wildman–Crippen LogP) is 3.94. The molecule has 0 heterocycles. The lowest BCUT2D eigenvalue weighted by atomic mass is 10.0. The van der Waals surface area contributed by atoms with Crippen molar-refractivity contribution in [3.05, 3.63) is 53.6 Å². The fourth-order valence-corrected chi connectivity index (χ4v) is 1.70. The van der Waals surface area contributed by atoms with Crippen molar-refractivity contribution in [3.63, 3.8) is 0 Å². The Labute approximate surface area is 101 Å². The van der Waals surface area contributed by atoms with Crippen molar-refractivity contribution in [2.24, 2.45) is 4.99 Å². The van der Waals surface area contributed by atoms with Crippen LogP contribution in [0.25, 0.3) is 11.1 Å². The Morgan fingerprint density at radius 2 is 1.53 bits per heavy atom. The van der Waals surface area contributed by atoms with Crippen molar-refractivity contribution < 1.29 is 4.79 Å². The van der Waals surface area contributed by atoms with Crippen LogP contribution in [0.4, 0.5) is 5.69 Å². The standard InChI is InChI=1S/C15H13NO/c1-11-3-4-14(9-12(11)2)13-5-7-15(8-6-13)16-10-17/h3-9H,1-2H3. The quantitative estimate of drug-likeness (QED) is 0.560. The largest absolute Gasteiger partial charge is 0.240 e. The van der Waals surface area contributed by atoms with Gasteiger partial charge in [-0.25, -0.2) is 4.79 Å². The highest BCUT2D eigenvalue weighted by Crippen LogP contribution is 2.24. The first kappa shape index (κ1) is 11.3. The van der Waals surface area contributed by atoms with E-state index in [1.807, 2.05) is 24.3 Å². The zero-order chi connectivity index (χ0) is 12.3. The van der Waals surface area contributed by atoms with Crippen LogP contribution in [-0.4, -0.2) is 6.08 Å². The van der Waals surface area contributed by atoms with E-state index in [1.165, 1.54) is 22.8 Å². The van der Waals surface area contributed by atoms with Crippen LogP contribution < -0.4 is 0 Å². The number of aliphatic imine (C=N–C) groups is 1. The van der Waals surface area contributed by atoms with Gasteiger partial charge in [-0.05, 0) is 48.2 Å². The summed E-state index contributed by atoms with van der Waals surface area (Å²) in [4.78, 5) is 13.7. The molecule has 0 saturated carbocycles. The van der Waals surface area contributed by atoms with Gasteiger partial charge in [0.1, 0.15) is 0 Å². The number of isocyanates is 1. The Bertz CT molecular complexity index is 578. The topological polar surface area (TPSA) is 29.4 Å². The first-order valence-electron chi connectivity index (χ1n) is 5.46. The van der Waals surface area contributed by atoms with E-state index in [0.29, 0.717) is 5.69 Å². The Hall–Kier alpha value is -2.18. The van der Waals surface area contributed by atoms with Gasteiger partial charge >= 0.3 is 0 Å². The highest BCUT2D eigenvalue weighted by Gasteiger charge is 1.99. The molecule has 0 fully saturated rings. The molecular weight excluding hydrogens is 210 g/mol. The zero-order valence-corrected chi connectivity index (χ0v) is 9.90. The minimum absolute atomic E-state index is 0.632. The summed E-state index contributed by atoms with van der Waals surface area (Å²) < 4.78 is 0. The molecule has 2 rings (SSSR count). The van der Waals surface area contributed by atoms with Crippen molar-refractivity contribution in [1.82, 2.24) is 0 Å². The van der Waals surface area contributed by atoms with E-state index < -0.39 is 0 Å². The fraction of sp³-hybridized carbons (Fsp3) is 0.133. The Morgan fingerprint density at radius 3 is 2.12 bits per heavy atom. The third kappa shape index (κ3) is 2.49. The number of hydrogen-bond acceptors (Lipinski definition) is 2. The van der Waals surface area contributed by atoms with Gasteiger partial charge < -0.3 is 0 Å². The molecular formula is C15H13NO. The lowest BCUT2D eigenvalue weighted by Crippen LogP contribution is -1.83. The van der Waals surface area contributed by atoms with Crippen LogP contribution in [0, 0.1) is 13.8 Å². The molecule has 17 heavy (non-hydrogen) atoms. The van der Waals surface area contributed by atoms with E-state index in [4.69, 9.17) is 0 Å². The van der Waals surface area contributed by atoms with Crippen LogP contribution in [0.2, 0.25) is 0 Å². The number of benzene rings is 2. The molecule has 2 aromatic rings. The molecule has 84 valence electrons. The van der Waals surface area contributed by atoms with Gasteiger partial charge in [0.15, 0.2) is 0 Å². The van der Waals surface area contributed by atoms with Crippen molar-refractivity contribution in [3.8, 4) is 11.1 Å². The van der Waals surface area contributed by atoms with Gasteiger partial charge in [-0.1, -0.05) is 30.3 Å². The first-order valence-corrected chi connectivity index (χ1v) is 5.46. The molecule has 2 nitrogen and oxygen atoms in total. The lowest BCUT2D eigenvalue weighted by molar-refractivity contribution is 0.565. The van der Waals surface area contributed by atoms with Crippen LogP contribution in [0.15, 0.2) is 47.5 Å². The van der Waals surface area contributed by atoms with Gasteiger partial charge in [0.2, 0.25) is 6.08 Å². The van der Waals surface area contributed by atoms with Crippen LogP contribution in [0.5, 0.6) is 0 Å². The van der Waals surface area contributed by atoms with Crippen molar-refractivity contribution in [2.45, 2.75) is 13.8 Å². The molecule has 0 unspecified atom stereocenters. The number of rotatable bonds is 2. The molecule has 0 saturated heterocycles. The van der Waals surface area contributed by atoms with E-state index >= 15 is 0 Å². The highest BCUT2D eigenvalue weighted by molar-refractivity contribution is 5.67. The van der Waals surface area contributed by atoms with Gasteiger partial charge in [0, 0.05) is 0 Å². The molecule has 0 radical (unpaired) electrons. The Kier molecular flexibility index (Phi) is 3.17. The lowest BCUT2D eigenvalue weighted by Gasteiger charge is -2.05. The van der Waals surface area contributed by atoms with Gasteiger partial charge in [-0.2, -0.15) is 4.99 Å². The molecule has 0 spiro atoms. The third-order valence-electron chi connectivity index (χ3n) is 2.88. The van der Waals surface area contributed by atoms with E-state index in [1.54, 1.807) is 0 Å². The summed E-state index contributed by atoms with van der Waals surface area (Å²) in [5.74, 6) is 0. The number of carbonyl (C=O) groups excluding carboxylic acids is 1. The SMILES string of the molecule is Cc1ccc(-c2ccc(N=C=O)cc2)cc1C. The summed E-state index contributed by atoms with van der Waals surface area (Å²) in [6.07, 6.45) is 1.53. The second-order valence-electron chi connectivity index (χ2n) is 4.05. The minimum atomic E-state index is 0.632. The fourth-order valence-electron chi connectivity index (χ4n) is 1.70. The first-order chi connectivity index (χ1) is 8.20. The molecule has 0 aromatic heterocycles. The van der Waals surface area contributed by atoms with E-state index in [-0.39, 0.29) is 0 Å². The summed E-state index contributed by atoms with van der Waals surface area (Å²) in [7, 11) is 0. The van der Waals surface area contributed by atoms with Gasteiger partial charge in [-0.3, -0.25) is 0 Å². The number of nitrogens with zero attached hydrogens (tertiary/aromatic N) is 1. The van der Waals surface area contributed by atoms with E-state index in [9.17, 15) is 4.79 Å². The second-order valence-corrected chi connectivity index (χ2v) is 4.05. The molecule has 0 N–H and O–H groups in total. The smallest absolute Gasteiger partial charge is 0.211 e. The van der Waals surface area contributed by atoms with Gasteiger partial charge in [0.25, 0.3) is 0 Å². The summed E-state index contributed by atoms with van der Waals surface area (Å²) in [6, 6.07) is 13.9. The minimum Gasteiger partial charge on any atom is -0.211 e. The number of hydrogen-bond donors (Lipinski definition) is 0. The van der Waals surface area contributed by atoms with Gasteiger partial charge in [0.05, 0.1) is 5.69 Å².